The Morgan fingerprint density at radius 3 is 3.00 bits per heavy atom. The average Bonchev–Trinajstić information content (AvgIpc) is 2.31. The molecule has 1 aliphatic carbocycles. The zero-order valence-corrected chi connectivity index (χ0v) is 7.66. The third kappa shape index (κ3) is 1.71. The van der Waals surface area contributed by atoms with Gasteiger partial charge in [0.15, 0.2) is 5.82 Å². The number of hydrogen-bond donors (Lipinski definition) is 1. The summed E-state index contributed by atoms with van der Waals surface area (Å²) in [5.74, 6) is 0.582. The summed E-state index contributed by atoms with van der Waals surface area (Å²) in [5, 5.41) is 6.91. The summed E-state index contributed by atoms with van der Waals surface area (Å²) in [6.07, 6.45) is 5.64. The molecule has 0 aliphatic heterocycles. The van der Waals surface area contributed by atoms with Gasteiger partial charge in [-0.15, -0.1) is 0 Å². The fourth-order valence-corrected chi connectivity index (χ4v) is 1.44. The van der Waals surface area contributed by atoms with Gasteiger partial charge in [0.05, 0.1) is 6.04 Å². The molecule has 0 bridgehead atoms. The van der Waals surface area contributed by atoms with Crippen LogP contribution in [0.2, 0.25) is 0 Å². The first-order valence-electron chi connectivity index (χ1n) is 4.58. The summed E-state index contributed by atoms with van der Waals surface area (Å²) in [6, 6.07) is 2.39. The van der Waals surface area contributed by atoms with Crippen molar-refractivity contribution in [1.29, 1.82) is 0 Å². The first-order valence-corrected chi connectivity index (χ1v) is 4.58. The maximum absolute atomic E-state index is 10.7. The van der Waals surface area contributed by atoms with Crippen LogP contribution in [0.25, 0.3) is 0 Å². The molecule has 0 unspecified atom stereocenters. The Kier molecular flexibility index (Phi) is 2.04. The van der Waals surface area contributed by atoms with Gasteiger partial charge in [-0.2, -0.15) is 5.10 Å². The number of anilines is 1. The summed E-state index contributed by atoms with van der Waals surface area (Å²) in [7, 11) is 0. The van der Waals surface area contributed by atoms with E-state index >= 15 is 0 Å². The summed E-state index contributed by atoms with van der Waals surface area (Å²) in [6.45, 7) is 1.49. The van der Waals surface area contributed by atoms with E-state index in [0.29, 0.717) is 11.9 Å². The zero-order valence-electron chi connectivity index (χ0n) is 7.66. The third-order valence-electron chi connectivity index (χ3n) is 2.36. The predicted octanol–water partition coefficient (Wildman–Crippen LogP) is 1.57. The molecule has 13 heavy (non-hydrogen) atoms. The van der Waals surface area contributed by atoms with E-state index in [1.54, 1.807) is 0 Å². The summed E-state index contributed by atoms with van der Waals surface area (Å²) >= 11 is 0. The van der Waals surface area contributed by atoms with Crippen LogP contribution in [0.1, 0.15) is 32.2 Å². The van der Waals surface area contributed by atoms with Crippen LogP contribution in [0.5, 0.6) is 0 Å². The SMILES string of the molecule is CC(=O)Nc1ccn(C2CCC2)n1. The Hall–Kier alpha value is -1.32. The Morgan fingerprint density at radius 1 is 1.69 bits per heavy atom. The molecule has 0 atom stereocenters. The van der Waals surface area contributed by atoms with Gasteiger partial charge in [0, 0.05) is 19.2 Å². The molecule has 1 N–H and O–H groups in total. The number of amides is 1. The van der Waals surface area contributed by atoms with Gasteiger partial charge < -0.3 is 5.32 Å². The van der Waals surface area contributed by atoms with Crippen LogP contribution in [0, 0.1) is 0 Å². The Balaban J connectivity index is 2.04. The molecule has 1 aliphatic rings. The Labute approximate surface area is 76.9 Å². The van der Waals surface area contributed by atoms with Gasteiger partial charge in [0.1, 0.15) is 0 Å². The molecule has 1 heterocycles. The minimum absolute atomic E-state index is 0.0705. The molecule has 0 saturated heterocycles. The van der Waals surface area contributed by atoms with Crippen molar-refractivity contribution in [3.05, 3.63) is 12.3 Å². The maximum atomic E-state index is 10.7. The van der Waals surface area contributed by atoms with E-state index in [1.165, 1.54) is 26.2 Å². The average molecular weight is 179 g/mol. The van der Waals surface area contributed by atoms with Crippen molar-refractivity contribution in [1.82, 2.24) is 9.78 Å². The second kappa shape index (κ2) is 3.20. The van der Waals surface area contributed by atoms with Crippen LogP contribution in [0.4, 0.5) is 5.82 Å². The third-order valence-corrected chi connectivity index (χ3v) is 2.36. The van der Waals surface area contributed by atoms with Crippen LogP contribution >= 0.6 is 0 Å². The minimum Gasteiger partial charge on any atom is -0.309 e. The van der Waals surface area contributed by atoms with Crippen molar-refractivity contribution in [3.63, 3.8) is 0 Å². The topological polar surface area (TPSA) is 46.9 Å². The number of carbonyl (C=O) groups excluding carboxylic acids is 1. The quantitative estimate of drug-likeness (QED) is 0.749. The van der Waals surface area contributed by atoms with Gasteiger partial charge in [0.2, 0.25) is 5.91 Å². The molecule has 70 valence electrons. The van der Waals surface area contributed by atoms with E-state index in [1.807, 2.05) is 16.9 Å². The highest BCUT2D eigenvalue weighted by Gasteiger charge is 2.19. The molecular formula is C9H13N3O. The van der Waals surface area contributed by atoms with Gasteiger partial charge in [-0.05, 0) is 19.3 Å². The van der Waals surface area contributed by atoms with Crippen LogP contribution in [0.3, 0.4) is 0 Å². The summed E-state index contributed by atoms with van der Waals surface area (Å²) in [4.78, 5) is 10.7. The molecular weight excluding hydrogens is 166 g/mol. The van der Waals surface area contributed by atoms with Gasteiger partial charge in [-0.3, -0.25) is 9.48 Å². The van der Waals surface area contributed by atoms with E-state index < -0.39 is 0 Å². The summed E-state index contributed by atoms with van der Waals surface area (Å²) < 4.78 is 1.94. The lowest BCUT2D eigenvalue weighted by atomic mass is 9.93. The zero-order chi connectivity index (χ0) is 9.26. The molecule has 0 aromatic carbocycles. The number of carbonyl (C=O) groups is 1. The molecule has 1 fully saturated rings. The normalized spacial score (nSPS) is 16.7. The smallest absolute Gasteiger partial charge is 0.222 e. The Morgan fingerprint density at radius 2 is 2.46 bits per heavy atom. The molecule has 2 rings (SSSR count). The molecule has 4 heteroatoms. The van der Waals surface area contributed by atoms with E-state index in [4.69, 9.17) is 0 Å². The predicted molar refractivity (Wildman–Crippen MR) is 49.4 cm³/mol. The molecule has 1 aromatic heterocycles. The second-order valence-corrected chi connectivity index (χ2v) is 3.45. The number of nitrogens with zero attached hydrogens (tertiary/aromatic N) is 2. The van der Waals surface area contributed by atoms with Crippen molar-refractivity contribution in [2.75, 3.05) is 5.32 Å². The molecule has 0 spiro atoms. The van der Waals surface area contributed by atoms with Crippen LogP contribution in [-0.2, 0) is 4.79 Å². The van der Waals surface area contributed by atoms with Gasteiger partial charge in [0.25, 0.3) is 0 Å². The van der Waals surface area contributed by atoms with Crippen molar-refractivity contribution >= 4 is 11.7 Å². The Bertz CT molecular complexity index is 314. The van der Waals surface area contributed by atoms with Gasteiger partial charge in [-0.25, -0.2) is 0 Å². The van der Waals surface area contributed by atoms with E-state index in [-0.39, 0.29) is 5.91 Å². The number of nitrogens with one attached hydrogen (secondary N) is 1. The molecule has 1 amide bonds. The van der Waals surface area contributed by atoms with Crippen LogP contribution in [-0.4, -0.2) is 15.7 Å². The van der Waals surface area contributed by atoms with E-state index in [9.17, 15) is 4.79 Å². The first-order chi connectivity index (χ1) is 6.25. The number of hydrogen-bond acceptors (Lipinski definition) is 2. The maximum Gasteiger partial charge on any atom is 0.222 e. The monoisotopic (exact) mass is 179 g/mol. The van der Waals surface area contributed by atoms with E-state index in [2.05, 4.69) is 10.4 Å². The largest absolute Gasteiger partial charge is 0.309 e. The second-order valence-electron chi connectivity index (χ2n) is 3.45. The van der Waals surface area contributed by atoms with Crippen molar-refractivity contribution in [2.45, 2.75) is 32.2 Å². The lowest BCUT2D eigenvalue weighted by Crippen LogP contribution is -2.17. The number of rotatable bonds is 2. The van der Waals surface area contributed by atoms with E-state index in [0.717, 1.165) is 0 Å². The highest BCUT2D eigenvalue weighted by atomic mass is 16.1. The summed E-state index contributed by atoms with van der Waals surface area (Å²) in [5.41, 5.74) is 0. The lowest BCUT2D eigenvalue weighted by molar-refractivity contribution is -0.114. The number of aromatic nitrogens is 2. The fraction of sp³-hybridized carbons (Fsp3) is 0.556. The standard InChI is InChI=1S/C9H13N3O/c1-7(13)10-9-5-6-12(11-9)8-3-2-4-8/h5-6,8H,2-4H2,1H3,(H,10,11,13). The molecule has 4 nitrogen and oxygen atoms in total. The van der Waals surface area contributed by atoms with Crippen molar-refractivity contribution in [2.24, 2.45) is 0 Å². The molecule has 1 saturated carbocycles. The fourth-order valence-electron chi connectivity index (χ4n) is 1.44. The molecule has 1 aromatic rings. The van der Waals surface area contributed by atoms with Gasteiger partial charge in [-0.1, -0.05) is 0 Å². The van der Waals surface area contributed by atoms with Gasteiger partial charge >= 0.3 is 0 Å². The van der Waals surface area contributed by atoms with Crippen LogP contribution in [0.15, 0.2) is 12.3 Å². The first kappa shape index (κ1) is 8.29. The lowest BCUT2D eigenvalue weighted by Gasteiger charge is -2.25. The highest BCUT2D eigenvalue weighted by Crippen LogP contribution is 2.30. The minimum atomic E-state index is -0.0705. The van der Waals surface area contributed by atoms with Crippen LogP contribution < -0.4 is 5.32 Å². The van der Waals surface area contributed by atoms with Crippen molar-refractivity contribution < 1.29 is 4.79 Å². The highest BCUT2D eigenvalue weighted by molar-refractivity contribution is 5.87. The van der Waals surface area contributed by atoms with Crippen molar-refractivity contribution in [3.8, 4) is 0 Å². The molecule has 0 radical (unpaired) electrons.